The van der Waals surface area contributed by atoms with Gasteiger partial charge in [-0.3, -0.25) is 0 Å². The number of allylic oxidation sites excluding steroid dienone is 1. The fourth-order valence-corrected chi connectivity index (χ4v) is 2.33. The third-order valence-electron chi connectivity index (χ3n) is 3.96. The van der Waals surface area contributed by atoms with Crippen molar-refractivity contribution in [3.63, 3.8) is 0 Å². The number of rotatable bonds is 8. The Morgan fingerprint density at radius 3 is 2.76 bits per heavy atom. The van der Waals surface area contributed by atoms with Gasteiger partial charge in [0.15, 0.2) is 11.5 Å². The number of aliphatic hydroxyl groups excluding tert-OH is 1. The average molecular weight is 344 g/mol. The average Bonchev–Trinajstić information content (AvgIpc) is 2.58. The molecule has 0 amide bonds. The number of hydrogen-bond acceptors (Lipinski definition) is 5. The lowest BCUT2D eigenvalue weighted by molar-refractivity contribution is 0.201. The van der Waals surface area contributed by atoms with Gasteiger partial charge in [-0.15, -0.1) is 0 Å². The van der Waals surface area contributed by atoms with Gasteiger partial charge in [-0.25, -0.2) is 4.79 Å². The Kier molecular flexibility index (Phi) is 6.42. The molecule has 0 bridgehead atoms. The first-order valence-electron chi connectivity index (χ1n) is 8.14. The lowest BCUT2D eigenvalue weighted by Crippen LogP contribution is -2.07. The standard InChI is InChI=1S/C20H24O5/c1-13(2)16(21)7-5-14(3)9-10-24-19-12-17-15(11-18(19)23-4)6-8-20(22)25-17/h6,8-9,11-12,16,21H,1,5,7,10H2,2-4H3. The van der Waals surface area contributed by atoms with Crippen molar-refractivity contribution in [3.8, 4) is 11.5 Å². The summed E-state index contributed by atoms with van der Waals surface area (Å²) in [5.41, 5.74) is 1.93. The van der Waals surface area contributed by atoms with Crippen molar-refractivity contribution in [3.05, 3.63) is 58.5 Å². The monoisotopic (exact) mass is 344 g/mol. The molecule has 1 aromatic carbocycles. The molecule has 0 saturated carbocycles. The van der Waals surface area contributed by atoms with E-state index in [1.54, 1.807) is 25.3 Å². The van der Waals surface area contributed by atoms with E-state index >= 15 is 0 Å². The molecule has 2 rings (SSSR count). The maximum absolute atomic E-state index is 11.4. The van der Waals surface area contributed by atoms with Crippen LogP contribution in [0, 0.1) is 0 Å². The van der Waals surface area contributed by atoms with Crippen molar-refractivity contribution < 1.29 is 19.0 Å². The Hall–Kier alpha value is -2.53. The summed E-state index contributed by atoms with van der Waals surface area (Å²) >= 11 is 0. The van der Waals surface area contributed by atoms with Gasteiger partial charge < -0.3 is 19.0 Å². The lowest BCUT2D eigenvalue weighted by Gasteiger charge is -2.12. The zero-order valence-corrected chi connectivity index (χ0v) is 14.9. The molecule has 25 heavy (non-hydrogen) atoms. The van der Waals surface area contributed by atoms with Crippen molar-refractivity contribution in [1.82, 2.24) is 0 Å². The largest absolute Gasteiger partial charge is 0.493 e. The summed E-state index contributed by atoms with van der Waals surface area (Å²) in [6.45, 7) is 7.91. The minimum absolute atomic E-state index is 0.355. The van der Waals surface area contributed by atoms with Crippen molar-refractivity contribution in [2.75, 3.05) is 13.7 Å². The van der Waals surface area contributed by atoms with Crippen LogP contribution in [0.5, 0.6) is 11.5 Å². The Bertz CT molecular complexity index is 832. The molecule has 0 radical (unpaired) electrons. The van der Waals surface area contributed by atoms with Crippen LogP contribution < -0.4 is 15.1 Å². The van der Waals surface area contributed by atoms with Crippen LogP contribution in [0.15, 0.2) is 57.3 Å². The van der Waals surface area contributed by atoms with E-state index in [9.17, 15) is 9.90 Å². The van der Waals surface area contributed by atoms with E-state index in [0.717, 1.165) is 23.0 Å². The van der Waals surface area contributed by atoms with Crippen LogP contribution in [0.25, 0.3) is 11.0 Å². The molecule has 1 unspecified atom stereocenters. The molecule has 0 aliphatic carbocycles. The van der Waals surface area contributed by atoms with Crippen LogP contribution in [-0.2, 0) is 0 Å². The normalized spacial score (nSPS) is 12.9. The van der Waals surface area contributed by atoms with E-state index in [-0.39, 0.29) is 0 Å². The molecule has 0 spiro atoms. The van der Waals surface area contributed by atoms with Crippen molar-refractivity contribution in [2.24, 2.45) is 0 Å². The predicted molar refractivity (Wildman–Crippen MR) is 98.3 cm³/mol. The van der Waals surface area contributed by atoms with Crippen LogP contribution in [0.2, 0.25) is 0 Å². The van der Waals surface area contributed by atoms with E-state index in [4.69, 9.17) is 13.9 Å². The molecular formula is C20H24O5. The van der Waals surface area contributed by atoms with E-state index in [0.29, 0.717) is 30.1 Å². The molecule has 0 aliphatic rings. The van der Waals surface area contributed by atoms with Gasteiger partial charge in [-0.1, -0.05) is 17.7 Å². The Balaban J connectivity index is 2.05. The third-order valence-corrected chi connectivity index (χ3v) is 3.96. The Morgan fingerprint density at radius 1 is 1.32 bits per heavy atom. The van der Waals surface area contributed by atoms with Crippen LogP contribution in [-0.4, -0.2) is 24.9 Å². The van der Waals surface area contributed by atoms with Crippen molar-refractivity contribution >= 4 is 11.0 Å². The van der Waals surface area contributed by atoms with Gasteiger partial charge in [-0.2, -0.15) is 0 Å². The summed E-state index contributed by atoms with van der Waals surface area (Å²) in [5.74, 6) is 1.08. The van der Waals surface area contributed by atoms with Gasteiger partial charge in [0.05, 0.1) is 13.2 Å². The number of benzene rings is 1. The molecule has 1 N–H and O–H groups in total. The molecule has 1 aromatic heterocycles. The zero-order chi connectivity index (χ0) is 18.4. The van der Waals surface area contributed by atoms with Gasteiger partial charge in [-0.05, 0) is 44.9 Å². The second kappa shape index (κ2) is 8.53. The van der Waals surface area contributed by atoms with Gasteiger partial charge in [0.1, 0.15) is 12.2 Å². The first-order valence-corrected chi connectivity index (χ1v) is 8.14. The first kappa shape index (κ1) is 18.8. The molecule has 5 heteroatoms. The fraction of sp³-hybridized carbons (Fsp3) is 0.350. The van der Waals surface area contributed by atoms with Gasteiger partial charge in [0.25, 0.3) is 0 Å². The maximum atomic E-state index is 11.4. The number of aliphatic hydroxyl groups is 1. The highest BCUT2D eigenvalue weighted by Gasteiger charge is 2.09. The maximum Gasteiger partial charge on any atom is 0.336 e. The quantitative estimate of drug-likeness (QED) is 0.582. The third kappa shape index (κ3) is 5.22. The second-order valence-corrected chi connectivity index (χ2v) is 6.06. The summed E-state index contributed by atoms with van der Waals surface area (Å²) in [7, 11) is 1.56. The summed E-state index contributed by atoms with van der Waals surface area (Å²) in [6, 6.07) is 6.48. The topological polar surface area (TPSA) is 68.9 Å². The van der Waals surface area contributed by atoms with Crippen LogP contribution in [0.1, 0.15) is 26.7 Å². The molecule has 0 aliphatic heterocycles. The molecule has 2 aromatic rings. The Morgan fingerprint density at radius 2 is 2.08 bits per heavy atom. The highest BCUT2D eigenvalue weighted by Crippen LogP contribution is 2.31. The summed E-state index contributed by atoms with van der Waals surface area (Å²) in [4.78, 5) is 11.4. The molecule has 0 saturated heterocycles. The zero-order valence-electron chi connectivity index (χ0n) is 14.9. The predicted octanol–water partition coefficient (Wildman–Crippen LogP) is 3.84. The molecule has 5 nitrogen and oxygen atoms in total. The van der Waals surface area contributed by atoms with Gasteiger partial charge in [0.2, 0.25) is 0 Å². The lowest BCUT2D eigenvalue weighted by atomic mass is 10.0. The van der Waals surface area contributed by atoms with Crippen LogP contribution >= 0.6 is 0 Å². The SMILES string of the molecule is C=C(C)C(O)CCC(C)=CCOc1cc2oc(=O)ccc2cc1OC. The van der Waals surface area contributed by atoms with E-state index < -0.39 is 11.7 Å². The van der Waals surface area contributed by atoms with Crippen molar-refractivity contribution in [1.29, 1.82) is 0 Å². The first-order chi connectivity index (χ1) is 11.9. The fourth-order valence-electron chi connectivity index (χ4n) is 2.33. The molecule has 134 valence electrons. The minimum atomic E-state index is -0.479. The number of hydrogen-bond donors (Lipinski definition) is 1. The molecule has 1 heterocycles. The van der Waals surface area contributed by atoms with E-state index in [2.05, 4.69) is 6.58 Å². The number of fused-ring (bicyclic) bond motifs is 1. The summed E-state index contributed by atoms with van der Waals surface area (Å²) in [5, 5.41) is 10.5. The number of ether oxygens (including phenoxy) is 2. The smallest absolute Gasteiger partial charge is 0.336 e. The molecule has 1 atom stereocenters. The van der Waals surface area contributed by atoms with E-state index in [1.807, 2.05) is 19.9 Å². The summed E-state index contributed by atoms with van der Waals surface area (Å²) in [6.07, 6.45) is 2.88. The Labute approximate surface area is 147 Å². The minimum Gasteiger partial charge on any atom is -0.493 e. The van der Waals surface area contributed by atoms with Gasteiger partial charge >= 0.3 is 5.63 Å². The van der Waals surface area contributed by atoms with E-state index in [1.165, 1.54) is 6.07 Å². The van der Waals surface area contributed by atoms with Crippen LogP contribution in [0.3, 0.4) is 0 Å². The summed E-state index contributed by atoms with van der Waals surface area (Å²) < 4.78 is 16.3. The van der Waals surface area contributed by atoms with Gasteiger partial charge in [0, 0.05) is 17.5 Å². The molecular weight excluding hydrogens is 320 g/mol. The second-order valence-electron chi connectivity index (χ2n) is 6.06. The highest BCUT2D eigenvalue weighted by molar-refractivity contribution is 5.80. The molecule has 0 fully saturated rings. The van der Waals surface area contributed by atoms with Crippen molar-refractivity contribution in [2.45, 2.75) is 32.8 Å². The number of methoxy groups -OCH3 is 1. The highest BCUT2D eigenvalue weighted by atomic mass is 16.5. The van der Waals surface area contributed by atoms with Crippen LogP contribution in [0.4, 0.5) is 0 Å².